The molecule has 1 saturated heterocycles. The van der Waals surface area contributed by atoms with E-state index in [1.807, 2.05) is 24.3 Å². The minimum atomic E-state index is -0.361. The summed E-state index contributed by atoms with van der Waals surface area (Å²) in [6, 6.07) is 7.79. The van der Waals surface area contributed by atoms with Crippen LogP contribution in [0.25, 0.3) is 11.0 Å². The fourth-order valence-corrected chi connectivity index (χ4v) is 2.98. The van der Waals surface area contributed by atoms with E-state index in [9.17, 15) is 9.90 Å². The number of benzene rings is 1. The number of aromatic nitrogens is 2. The average Bonchev–Trinajstić information content (AvgIpc) is 3.01. The highest BCUT2D eigenvalue weighted by Crippen LogP contribution is 2.20. The lowest BCUT2D eigenvalue weighted by Crippen LogP contribution is -2.30. The standard InChI is InChI=1S/C13H15N3O2S/c17-9-5-6-16(7-9)12(18)8-19-13-14-10-3-1-2-4-11(10)15-13/h1-4,9,17H,5-8H2,(H,14,15)/t9-/m1/s1. The number of hydrogen-bond donors (Lipinski definition) is 2. The van der Waals surface area contributed by atoms with Gasteiger partial charge in [0, 0.05) is 13.1 Å². The van der Waals surface area contributed by atoms with E-state index in [4.69, 9.17) is 0 Å². The van der Waals surface area contributed by atoms with Crippen molar-refractivity contribution in [2.24, 2.45) is 0 Å². The van der Waals surface area contributed by atoms with Gasteiger partial charge in [-0.3, -0.25) is 4.79 Å². The van der Waals surface area contributed by atoms with Crippen LogP contribution in [-0.2, 0) is 4.79 Å². The molecule has 0 spiro atoms. The maximum Gasteiger partial charge on any atom is 0.233 e. The first-order valence-electron chi connectivity index (χ1n) is 6.26. The monoisotopic (exact) mass is 277 g/mol. The number of hydrogen-bond acceptors (Lipinski definition) is 4. The van der Waals surface area contributed by atoms with Crippen LogP contribution in [0.1, 0.15) is 6.42 Å². The Hall–Kier alpha value is -1.53. The Kier molecular flexibility index (Phi) is 3.44. The number of para-hydroxylation sites is 2. The minimum absolute atomic E-state index is 0.0574. The number of aliphatic hydroxyl groups is 1. The smallest absolute Gasteiger partial charge is 0.233 e. The lowest BCUT2D eigenvalue weighted by atomic mass is 10.3. The number of aromatic amines is 1. The zero-order valence-electron chi connectivity index (χ0n) is 10.4. The molecule has 1 atom stereocenters. The van der Waals surface area contributed by atoms with E-state index in [0.717, 1.165) is 16.2 Å². The van der Waals surface area contributed by atoms with Crippen molar-refractivity contribution in [2.75, 3.05) is 18.8 Å². The second-order valence-electron chi connectivity index (χ2n) is 4.63. The molecule has 0 bridgehead atoms. The predicted octanol–water partition coefficient (Wildman–Crippen LogP) is 1.25. The number of imidazole rings is 1. The Morgan fingerprint density at radius 2 is 2.37 bits per heavy atom. The van der Waals surface area contributed by atoms with Gasteiger partial charge in [0.15, 0.2) is 5.16 Å². The summed E-state index contributed by atoms with van der Waals surface area (Å²) in [6.07, 6.45) is 0.321. The molecule has 1 fully saturated rings. The maximum absolute atomic E-state index is 11.9. The summed E-state index contributed by atoms with van der Waals surface area (Å²) >= 11 is 1.40. The van der Waals surface area contributed by atoms with Gasteiger partial charge in [0.1, 0.15) is 0 Å². The molecule has 6 heteroatoms. The molecule has 2 heterocycles. The number of nitrogens with zero attached hydrogens (tertiary/aromatic N) is 2. The van der Waals surface area contributed by atoms with E-state index in [2.05, 4.69) is 9.97 Å². The fourth-order valence-electron chi connectivity index (χ4n) is 2.19. The molecule has 100 valence electrons. The van der Waals surface area contributed by atoms with Crippen LogP contribution in [0, 0.1) is 0 Å². The first-order chi connectivity index (χ1) is 9.22. The number of β-amino-alcohol motifs (C(OH)–C–C–N with tert-alkyl or cyclic N) is 1. The first kappa shape index (κ1) is 12.5. The molecule has 0 unspecified atom stereocenters. The van der Waals surface area contributed by atoms with Crippen LogP contribution in [0.2, 0.25) is 0 Å². The van der Waals surface area contributed by atoms with Crippen molar-refractivity contribution in [3.05, 3.63) is 24.3 Å². The molecule has 3 rings (SSSR count). The van der Waals surface area contributed by atoms with Crippen molar-refractivity contribution in [1.82, 2.24) is 14.9 Å². The highest BCUT2D eigenvalue weighted by molar-refractivity contribution is 7.99. The molecule has 1 aliphatic heterocycles. The summed E-state index contributed by atoms with van der Waals surface area (Å²) in [4.78, 5) is 21.2. The van der Waals surface area contributed by atoms with Crippen molar-refractivity contribution < 1.29 is 9.90 Å². The van der Waals surface area contributed by atoms with Gasteiger partial charge in [0.2, 0.25) is 5.91 Å². The Morgan fingerprint density at radius 1 is 1.53 bits per heavy atom. The quantitative estimate of drug-likeness (QED) is 0.828. The molecule has 2 aromatic rings. The molecule has 1 aliphatic rings. The van der Waals surface area contributed by atoms with E-state index in [1.165, 1.54) is 11.8 Å². The molecule has 0 aliphatic carbocycles. The number of thioether (sulfide) groups is 1. The van der Waals surface area contributed by atoms with E-state index in [-0.39, 0.29) is 12.0 Å². The molecule has 2 N–H and O–H groups in total. The van der Waals surface area contributed by atoms with Crippen LogP contribution in [0.4, 0.5) is 0 Å². The molecule has 19 heavy (non-hydrogen) atoms. The zero-order valence-corrected chi connectivity index (χ0v) is 11.2. The lowest BCUT2D eigenvalue weighted by molar-refractivity contribution is -0.127. The summed E-state index contributed by atoms with van der Waals surface area (Å²) in [5.74, 6) is 0.411. The number of aliphatic hydroxyl groups excluding tert-OH is 1. The Balaban J connectivity index is 1.61. The van der Waals surface area contributed by atoms with Crippen LogP contribution < -0.4 is 0 Å². The van der Waals surface area contributed by atoms with Crippen molar-refractivity contribution in [2.45, 2.75) is 17.7 Å². The molecular weight excluding hydrogens is 262 g/mol. The van der Waals surface area contributed by atoms with Crippen LogP contribution in [-0.4, -0.2) is 50.8 Å². The SMILES string of the molecule is O=C(CSc1nc2ccccc2[nH]1)N1CC[C@@H](O)C1. The number of nitrogens with one attached hydrogen (secondary N) is 1. The van der Waals surface area contributed by atoms with Crippen molar-refractivity contribution in [3.8, 4) is 0 Å². The second kappa shape index (κ2) is 5.22. The molecule has 1 aromatic heterocycles. The van der Waals surface area contributed by atoms with Gasteiger partial charge in [0.05, 0.1) is 22.9 Å². The molecule has 5 nitrogen and oxygen atoms in total. The van der Waals surface area contributed by atoms with Crippen LogP contribution in [0.15, 0.2) is 29.4 Å². The van der Waals surface area contributed by atoms with Crippen LogP contribution >= 0.6 is 11.8 Å². The highest BCUT2D eigenvalue weighted by Gasteiger charge is 2.24. The Bertz CT molecular complexity index is 565. The third-order valence-electron chi connectivity index (χ3n) is 3.22. The lowest BCUT2D eigenvalue weighted by Gasteiger charge is -2.14. The van der Waals surface area contributed by atoms with Gasteiger partial charge in [-0.05, 0) is 18.6 Å². The highest BCUT2D eigenvalue weighted by atomic mass is 32.2. The Labute approximate surface area is 115 Å². The number of likely N-dealkylation sites (tertiary alicyclic amines) is 1. The van der Waals surface area contributed by atoms with E-state index in [1.54, 1.807) is 4.90 Å². The van der Waals surface area contributed by atoms with E-state index < -0.39 is 0 Å². The topological polar surface area (TPSA) is 69.2 Å². The van der Waals surface area contributed by atoms with Gasteiger partial charge in [-0.1, -0.05) is 23.9 Å². The van der Waals surface area contributed by atoms with Crippen molar-refractivity contribution in [3.63, 3.8) is 0 Å². The summed E-state index contributed by atoms with van der Waals surface area (Å²) in [7, 11) is 0. The fraction of sp³-hybridized carbons (Fsp3) is 0.385. The molecular formula is C13H15N3O2S. The number of rotatable bonds is 3. The van der Waals surface area contributed by atoms with E-state index >= 15 is 0 Å². The molecule has 1 aromatic carbocycles. The minimum Gasteiger partial charge on any atom is -0.391 e. The summed E-state index contributed by atoms with van der Waals surface area (Å²) < 4.78 is 0. The third kappa shape index (κ3) is 2.74. The largest absolute Gasteiger partial charge is 0.391 e. The van der Waals surface area contributed by atoms with E-state index in [0.29, 0.717) is 25.3 Å². The normalized spacial score (nSPS) is 19.2. The predicted molar refractivity (Wildman–Crippen MR) is 74.0 cm³/mol. The summed E-state index contributed by atoms with van der Waals surface area (Å²) in [5.41, 5.74) is 1.89. The van der Waals surface area contributed by atoms with Crippen LogP contribution in [0.5, 0.6) is 0 Å². The van der Waals surface area contributed by atoms with Gasteiger partial charge >= 0.3 is 0 Å². The molecule has 0 saturated carbocycles. The van der Waals surface area contributed by atoms with Gasteiger partial charge in [-0.2, -0.15) is 0 Å². The van der Waals surface area contributed by atoms with Crippen LogP contribution in [0.3, 0.4) is 0 Å². The second-order valence-corrected chi connectivity index (χ2v) is 5.59. The average molecular weight is 277 g/mol. The number of H-pyrrole nitrogens is 1. The number of fused-ring (bicyclic) bond motifs is 1. The summed E-state index contributed by atoms with van der Waals surface area (Å²) in [5, 5.41) is 10.2. The molecule has 0 radical (unpaired) electrons. The van der Waals surface area contributed by atoms with Gasteiger partial charge in [-0.25, -0.2) is 4.98 Å². The zero-order chi connectivity index (χ0) is 13.2. The number of carbonyl (C=O) groups excluding carboxylic acids is 1. The summed E-state index contributed by atoms with van der Waals surface area (Å²) in [6.45, 7) is 1.11. The van der Waals surface area contributed by atoms with Gasteiger partial charge in [0.25, 0.3) is 0 Å². The van der Waals surface area contributed by atoms with Gasteiger partial charge < -0.3 is 15.0 Å². The number of carbonyl (C=O) groups is 1. The third-order valence-corrected chi connectivity index (χ3v) is 4.07. The first-order valence-corrected chi connectivity index (χ1v) is 7.24. The molecule has 1 amide bonds. The van der Waals surface area contributed by atoms with Crippen molar-refractivity contribution >= 4 is 28.7 Å². The Morgan fingerprint density at radius 3 is 3.11 bits per heavy atom. The van der Waals surface area contributed by atoms with Crippen molar-refractivity contribution in [1.29, 1.82) is 0 Å². The van der Waals surface area contributed by atoms with Gasteiger partial charge in [-0.15, -0.1) is 0 Å². The maximum atomic E-state index is 11.9. The number of amides is 1.